The highest BCUT2D eigenvalue weighted by molar-refractivity contribution is 8.00. The van der Waals surface area contributed by atoms with E-state index in [9.17, 15) is 14.7 Å². The van der Waals surface area contributed by atoms with Crippen LogP contribution in [0, 0.1) is 0 Å². The summed E-state index contributed by atoms with van der Waals surface area (Å²) in [7, 11) is 0. The Morgan fingerprint density at radius 3 is 2.47 bits per heavy atom. The number of carboxylic acid groups (broad SMARTS) is 1. The van der Waals surface area contributed by atoms with Crippen LogP contribution in [-0.2, 0) is 9.59 Å². The van der Waals surface area contributed by atoms with Crippen LogP contribution in [0.3, 0.4) is 0 Å². The molecule has 0 atom stereocenters. The van der Waals surface area contributed by atoms with Gasteiger partial charge in [0.1, 0.15) is 0 Å². The average molecular weight is 261 g/mol. The quantitative estimate of drug-likeness (QED) is 0.625. The number of hydrogen-bond acceptors (Lipinski definition) is 4. The topological polar surface area (TPSA) is 86.6 Å². The molecule has 0 aromatic carbocycles. The first-order chi connectivity index (χ1) is 8.02. The van der Waals surface area contributed by atoms with Crippen molar-refractivity contribution in [3.8, 4) is 0 Å². The number of aliphatic hydroxyl groups is 1. The number of rotatable bonds is 7. The summed E-state index contributed by atoms with van der Waals surface area (Å²) in [5.74, 6) is -0.983. The summed E-state index contributed by atoms with van der Waals surface area (Å²) in [6, 6.07) is 0. The lowest BCUT2D eigenvalue weighted by Gasteiger charge is -2.21. The van der Waals surface area contributed by atoms with Crippen LogP contribution in [0.5, 0.6) is 0 Å². The van der Waals surface area contributed by atoms with E-state index in [2.05, 4.69) is 5.32 Å². The second kappa shape index (κ2) is 6.86. The summed E-state index contributed by atoms with van der Waals surface area (Å²) in [5, 5.41) is 21.1. The molecule has 17 heavy (non-hydrogen) atoms. The Morgan fingerprint density at radius 1 is 1.24 bits per heavy atom. The SMILES string of the molecule is O=C(O)CSCC(=O)NCCC1(O)CCCC1. The summed E-state index contributed by atoms with van der Waals surface area (Å²) >= 11 is 1.08. The number of thioether (sulfide) groups is 1. The fourth-order valence-electron chi connectivity index (χ4n) is 2.00. The lowest BCUT2D eigenvalue weighted by Crippen LogP contribution is -2.33. The second-order valence-electron chi connectivity index (χ2n) is 4.42. The van der Waals surface area contributed by atoms with Crippen molar-refractivity contribution in [2.24, 2.45) is 0 Å². The van der Waals surface area contributed by atoms with Gasteiger partial charge in [-0.15, -0.1) is 11.8 Å². The molecule has 1 fully saturated rings. The monoisotopic (exact) mass is 261 g/mol. The number of hydrogen-bond donors (Lipinski definition) is 3. The van der Waals surface area contributed by atoms with Gasteiger partial charge < -0.3 is 15.5 Å². The molecule has 1 amide bonds. The molecule has 0 unspecified atom stereocenters. The molecule has 0 radical (unpaired) electrons. The minimum absolute atomic E-state index is 0.0582. The molecule has 0 bridgehead atoms. The molecule has 0 saturated heterocycles. The lowest BCUT2D eigenvalue weighted by atomic mass is 9.98. The largest absolute Gasteiger partial charge is 0.481 e. The first-order valence-electron chi connectivity index (χ1n) is 5.80. The lowest BCUT2D eigenvalue weighted by molar-refractivity contribution is -0.133. The number of carbonyl (C=O) groups is 2. The predicted molar refractivity (Wildman–Crippen MR) is 66.0 cm³/mol. The van der Waals surface area contributed by atoms with E-state index in [0.29, 0.717) is 13.0 Å². The fourth-order valence-corrected chi connectivity index (χ4v) is 2.56. The van der Waals surface area contributed by atoms with Gasteiger partial charge in [-0.2, -0.15) is 0 Å². The highest BCUT2D eigenvalue weighted by atomic mass is 32.2. The molecule has 0 aliphatic heterocycles. The van der Waals surface area contributed by atoms with E-state index in [1.165, 1.54) is 0 Å². The molecule has 0 spiro atoms. The van der Waals surface area contributed by atoms with Gasteiger partial charge >= 0.3 is 5.97 Å². The Kier molecular flexibility index (Phi) is 5.77. The van der Waals surface area contributed by atoms with Crippen molar-refractivity contribution < 1.29 is 19.8 Å². The smallest absolute Gasteiger partial charge is 0.313 e. The van der Waals surface area contributed by atoms with Crippen LogP contribution in [0.15, 0.2) is 0 Å². The number of amides is 1. The number of carbonyl (C=O) groups excluding carboxylic acids is 1. The van der Waals surface area contributed by atoms with Crippen LogP contribution < -0.4 is 5.32 Å². The third-order valence-corrected chi connectivity index (χ3v) is 3.82. The molecule has 1 aliphatic carbocycles. The van der Waals surface area contributed by atoms with Crippen molar-refractivity contribution in [2.75, 3.05) is 18.1 Å². The third kappa shape index (κ3) is 5.93. The average Bonchev–Trinajstić information content (AvgIpc) is 2.65. The molecule has 0 aromatic heterocycles. The summed E-state index contributed by atoms with van der Waals surface area (Å²) in [4.78, 5) is 21.5. The summed E-state index contributed by atoms with van der Waals surface area (Å²) in [5.41, 5.74) is -0.596. The van der Waals surface area contributed by atoms with Crippen molar-refractivity contribution in [3.63, 3.8) is 0 Å². The Balaban J connectivity index is 2.05. The van der Waals surface area contributed by atoms with Crippen LogP contribution in [0.1, 0.15) is 32.1 Å². The van der Waals surface area contributed by atoms with Crippen molar-refractivity contribution >= 4 is 23.6 Å². The standard InChI is InChI=1S/C11H19NO4S/c13-9(7-17-8-10(14)15)12-6-5-11(16)3-1-2-4-11/h16H,1-8H2,(H,12,13)(H,14,15). The first kappa shape index (κ1) is 14.3. The van der Waals surface area contributed by atoms with Crippen LogP contribution >= 0.6 is 11.8 Å². The maximum Gasteiger partial charge on any atom is 0.313 e. The van der Waals surface area contributed by atoms with Crippen molar-refractivity contribution in [3.05, 3.63) is 0 Å². The maximum absolute atomic E-state index is 11.3. The highest BCUT2D eigenvalue weighted by Gasteiger charge is 2.30. The van der Waals surface area contributed by atoms with Gasteiger partial charge in [0.2, 0.25) is 5.91 Å². The molecule has 5 nitrogen and oxygen atoms in total. The van der Waals surface area contributed by atoms with Gasteiger partial charge in [0.25, 0.3) is 0 Å². The maximum atomic E-state index is 11.3. The molecule has 1 rings (SSSR count). The fraction of sp³-hybridized carbons (Fsp3) is 0.818. The Hall–Kier alpha value is -0.750. The molecule has 1 saturated carbocycles. The third-order valence-electron chi connectivity index (χ3n) is 2.91. The summed E-state index contributed by atoms with van der Waals surface area (Å²) in [6.07, 6.45) is 4.33. The molecular weight excluding hydrogens is 242 g/mol. The van der Waals surface area contributed by atoms with E-state index >= 15 is 0 Å². The van der Waals surface area contributed by atoms with E-state index in [1.807, 2.05) is 0 Å². The van der Waals surface area contributed by atoms with E-state index < -0.39 is 11.6 Å². The molecular formula is C11H19NO4S. The Bertz CT molecular complexity index is 277. The second-order valence-corrected chi connectivity index (χ2v) is 5.40. The van der Waals surface area contributed by atoms with Gasteiger partial charge in [-0.05, 0) is 19.3 Å². The zero-order chi connectivity index (χ0) is 12.7. The zero-order valence-electron chi connectivity index (χ0n) is 9.78. The predicted octanol–water partition coefficient (Wildman–Crippen LogP) is 0.616. The van der Waals surface area contributed by atoms with Crippen LogP contribution in [-0.4, -0.2) is 45.7 Å². The van der Waals surface area contributed by atoms with E-state index in [1.54, 1.807) is 0 Å². The van der Waals surface area contributed by atoms with Crippen molar-refractivity contribution in [1.29, 1.82) is 0 Å². The molecule has 3 N–H and O–H groups in total. The zero-order valence-corrected chi connectivity index (χ0v) is 10.6. The van der Waals surface area contributed by atoms with Crippen LogP contribution in [0.2, 0.25) is 0 Å². The van der Waals surface area contributed by atoms with E-state index in [4.69, 9.17) is 5.11 Å². The van der Waals surface area contributed by atoms with Gasteiger partial charge in [0.05, 0.1) is 17.1 Å². The Morgan fingerprint density at radius 2 is 1.88 bits per heavy atom. The van der Waals surface area contributed by atoms with Crippen molar-refractivity contribution in [1.82, 2.24) is 5.32 Å². The highest BCUT2D eigenvalue weighted by Crippen LogP contribution is 2.31. The minimum atomic E-state index is -0.914. The first-order valence-corrected chi connectivity index (χ1v) is 6.96. The van der Waals surface area contributed by atoms with Crippen molar-refractivity contribution in [2.45, 2.75) is 37.7 Å². The normalized spacial score (nSPS) is 17.9. The Labute approximate surface area is 105 Å². The molecule has 98 valence electrons. The van der Waals surface area contributed by atoms with E-state index in [0.717, 1.165) is 37.4 Å². The summed E-state index contributed by atoms with van der Waals surface area (Å²) < 4.78 is 0. The van der Waals surface area contributed by atoms with Gasteiger partial charge in [-0.1, -0.05) is 12.8 Å². The van der Waals surface area contributed by atoms with Gasteiger partial charge in [-0.25, -0.2) is 0 Å². The van der Waals surface area contributed by atoms with Gasteiger partial charge in [-0.3, -0.25) is 9.59 Å². The summed E-state index contributed by atoms with van der Waals surface area (Å²) in [6.45, 7) is 0.461. The van der Waals surface area contributed by atoms with E-state index in [-0.39, 0.29) is 17.4 Å². The molecule has 0 heterocycles. The molecule has 0 aromatic rings. The van der Waals surface area contributed by atoms with Gasteiger partial charge in [0, 0.05) is 6.54 Å². The minimum Gasteiger partial charge on any atom is -0.481 e. The molecule has 1 aliphatic rings. The van der Waals surface area contributed by atoms with Gasteiger partial charge in [0.15, 0.2) is 0 Å². The van der Waals surface area contributed by atoms with Crippen LogP contribution in [0.4, 0.5) is 0 Å². The molecule has 6 heteroatoms. The van der Waals surface area contributed by atoms with Crippen LogP contribution in [0.25, 0.3) is 0 Å². The number of carboxylic acids is 1. The number of nitrogens with one attached hydrogen (secondary N) is 1. The number of aliphatic carboxylic acids is 1.